The number of hydrogen-bond donors (Lipinski definition) is 1. The zero-order valence-electron chi connectivity index (χ0n) is 16.7. The van der Waals surface area contributed by atoms with E-state index < -0.39 is 0 Å². The van der Waals surface area contributed by atoms with Crippen molar-refractivity contribution >= 4 is 22.9 Å². The van der Waals surface area contributed by atoms with Crippen LogP contribution in [0.25, 0.3) is 11.0 Å². The molecule has 0 amide bonds. The number of aromatic nitrogens is 2. The highest BCUT2D eigenvalue weighted by Gasteiger charge is 2.21. The molecule has 8 heteroatoms. The number of nitrogens with zero attached hydrogens (tertiary/aromatic N) is 5. The Morgan fingerprint density at radius 1 is 1.21 bits per heavy atom. The molecule has 1 fully saturated rings. The van der Waals surface area contributed by atoms with E-state index in [1.807, 2.05) is 13.0 Å². The van der Waals surface area contributed by atoms with Crippen LogP contribution in [0, 0.1) is 12.7 Å². The second-order valence-electron chi connectivity index (χ2n) is 6.98. The monoisotopic (exact) mass is 396 g/mol. The van der Waals surface area contributed by atoms with Crippen molar-refractivity contribution in [2.45, 2.75) is 20.4 Å². The van der Waals surface area contributed by atoms with Crippen LogP contribution in [0.15, 0.2) is 46.1 Å². The minimum absolute atomic E-state index is 0.259. The molecule has 0 unspecified atom stereocenters. The van der Waals surface area contributed by atoms with Gasteiger partial charge >= 0.3 is 0 Å². The van der Waals surface area contributed by atoms with Crippen LogP contribution in [0.2, 0.25) is 0 Å². The third kappa shape index (κ3) is 4.16. The maximum Gasteiger partial charge on any atom is 0.225 e. The highest BCUT2D eigenvalue weighted by molar-refractivity contribution is 5.83. The molecule has 3 aromatic rings. The maximum absolute atomic E-state index is 13.5. The van der Waals surface area contributed by atoms with E-state index in [4.69, 9.17) is 9.41 Å². The number of anilines is 1. The molecule has 29 heavy (non-hydrogen) atoms. The Morgan fingerprint density at radius 2 is 1.97 bits per heavy atom. The van der Waals surface area contributed by atoms with Gasteiger partial charge < -0.3 is 19.5 Å². The third-order valence-corrected chi connectivity index (χ3v) is 5.12. The zero-order chi connectivity index (χ0) is 20.2. The van der Waals surface area contributed by atoms with Crippen LogP contribution < -0.4 is 10.2 Å². The van der Waals surface area contributed by atoms with Crippen molar-refractivity contribution in [3.63, 3.8) is 0 Å². The van der Waals surface area contributed by atoms with E-state index in [1.54, 1.807) is 18.5 Å². The maximum atomic E-state index is 13.5. The Hall–Kier alpha value is -3.16. The van der Waals surface area contributed by atoms with Gasteiger partial charge in [0, 0.05) is 56.1 Å². The number of hydrogen-bond acceptors (Lipinski definition) is 5. The van der Waals surface area contributed by atoms with Crippen molar-refractivity contribution in [3.05, 3.63) is 53.8 Å². The van der Waals surface area contributed by atoms with Crippen molar-refractivity contribution in [1.82, 2.24) is 20.2 Å². The predicted octanol–water partition coefficient (Wildman–Crippen LogP) is 2.96. The van der Waals surface area contributed by atoms with Crippen LogP contribution >= 0.6 is 0 Å². The van der Waals surface area contributed by atoms with Crippen LogP contribution in [-0.4, -0.2) is 53.6 Å². The number of aliphatic imine (C=N–C) groups is 1. The first-order valence-corrected chi connectivity index (χ1v) is 9.88. The van der Waals surface area contributed by atoms with Crippen molar-refractivity contribution in [1.29, 1.82) is 0 Å². The van der Waals surface area contributed by atoms with Crippen LogP contribution in [0.5, 0.6) is 0 Å². The van der Waals surface area contributed by atoms with Gasteiger partial charge in [-0.3, -0.25) is 0 Å². The van der Waals surface area contributed by atoms with E-state index in [9.17, 15) is 4.39 Å². The van der Waals surface area contributed by atoms with Gasteiger partial charge in [0.05, 0.1) is 0 Å². The Bertz CT molecular complexity index is 995. The van der Waals surface area contributed by atoms with Gasteiger partial charge in [0.1, 0.15) is 23.7 Å². The van der Waals surface area contributed by atoms with Gasteiger partial charge in [-0.1, -0.05) is 0 Å². The number of furan rings is 1. The van der Waals surface area contributed by atoms with Crippen LogP contribution in [0.4, 0.5) is 10.3 Å². The molecule has 0 radical (unpaired) electrons. The molecule has 152 valence electrons. The van der Waals surface area contributed by atoms with E-state index in [0.717, 1.165) is 61.3 Å². The van der Waals surface area contributed by atoms with Gasteiger partial charge in [0.25, 0.3) is 0 Å². The quantitative estimate of drug-likeness (QED) is 0.540. The number of aryl methyl sites for hydroxylation is 1. The number of halogens is 1. The molecule has 2 aromatic heterocycles. The molecule has 1 saturated heterocycles. The average molecular weight is 396 g/mol. The van der Waals surface area contributed by atoms with E-state index >= 15 is 0 Å². The molecule has 0 saturated carbocycles. The summed E-state index contributed by atoms with van der Waals surface area (Å²) >= 11 is 0. The van der Waals surface area contributed by atoms with E-state index in [1.165, 1.54) is 12.1 Å². The standard InChI is InChI=1S/C21H25FN6O/c1-3-23-20(27-9-11-28(12-10-27)21-24-7-4-8-25-21)26-14-19-15(2)17-13-16(22)5-6-18(17)29-19/h4-8,13H,3,9-12,14H2,1-2H3,(H,23,26). The minimum atomic E-state index is -0.259. The van der Waals surface area contributed by atoms with Crippen molar-refractivity contribution in [3.8, 4) is 0 Å². The molecule has 1 N–H and O–H groups in total. The lowest BCUT2D eigenvalue weighted by atomic mass is 10.1. The highest BCUT2D eigenvalue weighted by Crippen LogP contribution is 2.26. The summed E-state index contributed by atoms with van der Waals surface area (Å²) in [5.74, 6) is 2.12. The molecular formula is C21H25FN6O. The summed E-state index contributed by atoms with van der Waals surface area (Å²) < 4.78 is 19.4. The molecular weight excluding hydrogens is 371 g/mol. The Kier molecular flexibility index (Phi) is 5.59. The number of piperazine rings is 1. The molecule has 1 aromatic carbocycles. The summed E-state index contributed by atoms with van der Waals surface area (Å²) in [6.45, 7) is 8.51. The number of nitrogens with one attached hydrogen (secondary N) is 1. The topological polar surface area (TPSA) is 69.8 Å². The summed E-state index contributed by atoms with van der Waals surface area (Å²) in [6.07, 6.45) is 3.53. The molecule has 0 aliphatic carbocycles. The fourth-order valence-corrected chi connectivity index (χ4v) is 3.54. The van der Waals surface area contributed by atoms with Gasteiger partial charge in [-0.05, 0) is 38.1 Å². The lowest BCUT2D eigenvalue weighted by Crippen LogP contribution is -2.52. The number of benzene rings is 1. The van der Waals surface area contributed by atoms with Gasteiger partial charge in [0.2, 0.25) is 5.95 Å². The molecule has 7 nitrogen and oxygen atoms in total. The molecule has 0 spiro atoms. The molecule has 3 heterocycles. The number of fused-ring (bicyclic) bond motifs is 1. The molecule has 4 rings (SSSR count). The van der Waals surface area contributed by atoms with Crippen molar-refractivity contribution in [2.24, 2.45) is 4.99 Å². The lowest BCUT2D eigenvalue weighted by Gasteiger charge is -2.36. The van der Waals surface area contributed by atoms with Gasteiger partial charge in [-0.15, -0.1) is 0 Å². The van der Waals surface area contributed by atoms with E-state index in [2.05, 4.69) is 32.0 Å². The SMILES string of the molecule is CCNC(=NCc1oc2ccc(F)cc2c1C)N1CCN(c2ncccn2)CC1. The van der Waals surface area contributed by atoms with Gasteiger partial charge in [-0.2, -0.15) is 0 Å². The van der Waals surface area contributed by atoms with Crippen LogP contribution in [0.1, 0.15) is 18.2 Å². The van der Waals surface area contributed by atoms with Crippen molar-refractivity contribution in [2.75, 3.05) is 37.6 Å². The summed E-state index contributed by atoms with van der Waals surface area (Å²) in [5.41, 5.74) is 1.63. The lowest BCUT2D eigenvalue weighted by molar-refractivity contribution is 0.369. The third-order valence-electron chi connectivity index (χ3n) is 5.12. The van der Waals surface area contributed by atoms with Crippen molar-refractivity contribution < 1.29 is 8.81 Å². The molecule has 1 aliphatic rings. The smallest absolute Gasteiger partial charge is 0.225 e. The average Bonchev–Trinajstić information content (AvgIpc) is 3.07. The fraction of sp³-hybridized carbons (Fsp3) is 0.381. The Balaban J connectivity index is 1.47. The Labute approximate surface area is 169 Å². The minimum Gasteiger partial charge on any atom is -0.459 e. The van der Waals surface area contributed by atoms with E-state index in [0.29, 0.717) is 12.1 Å². The normalized spacial score (nSPS) is 15.2. The molecule has 1 aliphatic heterocycles. The second-order valence-corrected chi connectivity index (χ2v) is 6.98. The fourth-order valence-electron chi connectivity index (χ4n) is 3.54. The van der Waals surface area contributed by atoms with Crippen LogP contribution in [-0.2, 0) is 6.54 Å². The first-order valence-electron chi connectivity index (χ1n) is 9.88. The highest BCUT2D eigenvalue weighted by atomic mass is 19.1. The molecule has 0 bridgehead atoms. The predicted molar refractivity (Wildman–Crippen MR) is 112 cm³/mol. The van der Waals surface area contributed by atoms with Gasteiger partial charge in [0.15, 0.2) is 5.96 Å². The first kappa shape index (κ1) is 19.2. The second kappa shape index (κ2) is 8.46. The number of guanidine groups is 1. The summed E-state index contributed by atoms with van der Waals surface area (Å²) in [5, 5.41) is 4.17. The Morgan fingerprint density at radius 3 is 2.69 bits per heavy atom. The van der Waals surface area contributed by atoms with E-state index in [-0.39, 0.29) is 5.82 Å². The zero-order valence-corrected chi connectivity index (χ0v) is 16.7. The van der Waals surface area contributed by atoms with Crippen LogP contribution in [0.3, 0.4) is 0 Å². The summed E-state index contributed by atoms with van der Waals surface area (Å²) in [4.78, 5) is 17.9. The largest absolute Gasteiger partial charge is 0.459 e. The summed E-state index contributed by atoms with van der Waals surface area (Å²) in [6, 6.07) is 6.42. The summed E-state index contributed by atoms with van der Waals surface area (Å²) in [7, 11) is 0. The molecule has 0 atom stereocenters. The first-order chi connectivity index (χ1) is 14.2. The number of rotatable bonds is 4. The van der Waals surface area contributed by atoms with Gasteiger partial charge in [-0.25, -0.2) is 19.4 Å².